The fraction of sp³-hybridized carbons (Fsp3) is 1.00. The molecule has 14 heavy (non-hydrogen) atoms. The van der Waals surface area contributed by atoms with Crippen LogP contribution in [-0.2, 0) is 9.84 Å². The van der Waals surface area contributed by atoms with Crippen molar-refractivity contribution < 1.29 is 13.5 Å². The van der Waals surface area contributed by atoms with Gasteiger partial charge in [-0.05, 0) is 20.3 Å². The highest BCUT2D eigenvalue weighted by molar-refractivity contribution is 7.92. The predicted molar refractivity (Wildman–Crippen MR) is 58.1 cm³/mol. The third kappa shape index (κ3) is 5.57. The van der Waals surface area contributed by atoms with E-state index in [0.29, 0.717) is 19.5 Å². The van der Waals surface area contributed by atoms with Gasteiger partial charge in [0.15, 0.2) is 9.84 Å². The summed E-state index contributed by atoms with van der Waals surface area (Å²) in [6.45, 7) is 6.12. The van der Waals surface area contributed by atoms with Crippen molar-refractivity contribution in [3.8, 4) is 0 Å². The van der Waals surface area contributed by atoms with E-state index in [-0.39, 0.29) is 17.1 Å². The van der Waals surface area contributed by atoms with Crippen LogP contribution in [0.3, 0.4) is 0 Å². The Morgan fingerprint density at radius 1 is 1.36 bits per heavy atom. The highest BCUT2D eigenvalue weighted by Gasteiger charge is 2.14. The molecule has 1 unspecified atom stereocenters. The van der Waals surface area contributed by atoms with E-state index in [0.717, 1.165) is 0 Å². The van der Waals surface area contributed by atoms with Crippen LogP contribution >= 0.6 is 0 Å². The Morgan fingerprint density at radius 2 is 1.93 bits per heavy atom. The molecule has 86 valence electrons. The lowest BCUT2D eigenvalue weighted by Gasteiger charge is -2.10. The quantitative estimate of drug-likeness (QED) is 0.604. The number of aliphatic hydroxyl groups is 1. The monoisotopic (exact) mass is 223 g/mol. The molecule has 0 rings (SSSR count). The predicted octanol–water partition coefficient (Wildman–Crippen LogP) is 0.170. The van der Waals surface area contributed by atoms with E-state index in [1.54, 1.807) is 13.8 Å². The largest absolute Gasteiger partial charge is 0.392 e. The van der Waals surface area contributed by atoms with Gasteiger partial charge in [-0.3, -0.25) is 0 Å². The van der Waals surface area contributed by atoms with Gasteiger partial charge in [0, 0.05) is 13.1 Å². The second kappa shape index (κ2) is 6.37. The molecule has 2 N–H and O–H groups in total. The molecule has 4 nitrogen and oxygen atoms in total. The van der Waals surface area contributed by atoms with Gasteiger partial charge in [-0.2, -0.15) is 0 Å². The van der Waals surface area contributed by atoms with Crippen molar-refractivity contribution in [1.29, 1.82) is 0 Å². The molecule has 0 fully saturated rings. The molecule has 0 saturated heterocycles. The Kier molecular flexibility index (Phi) is 6.31. The Labute approximate surface area is 86.6 Å². The molecular weight excluding hydrogens is 202 g/mol. The number of sulfone groups is 1. The van der Waals surface area contributed by atoms with Gasteiger partial charge >= 0.3 is 0 Å². The zero-order valence-corrected chi connectivity index (χ0v) is 9.97. The molecule has 0 aromatic rings. The zero-order chi connectivity index (χ0) is 11.2. The van der Waals surface area contributed by atoms with Gasteiger partial charge in [0.05, 0.1) is 17.1 Å². The second-order valence-electron chi connectivity index (χ2n) is 3.68. The van der Waals surface area contributed by atoms with Crippen molar-refractivity contribution in [2.45, 2.75) is 38.5 Å². The molecule has 0 aromatic carbocycles. The highest BCUT2D eigenvalue weighted by Crippen LogP contribution is 1.99. The van der Waals surface area contributed by atoms with Crippen LogP contribution in [0.15, 0.2) is 0 Å². The standard InChI is InChI=1S/C9H21NO3S/c1-4-9(11)7-10-5-6-14(12,13)8(2)3/h8-11H,4-7H2,1-3H3. The van der Waals surface area contributed by atoms with Gasteiger partial charge in [0.2, 0.25) is 0 Å². The number of nitrogens with one attached hydrogen (secondary N) is 1. The van der Waals surface area contributed by atoms with Crippen molar-refractivity contribution in [2.24, 2.45) is 0 Å². The zero-order valence-electron chi connectivity index (χ0n) is 9.16. The minimum absolute atomic E-state index is 0.140. The van der Waals surface area contributed by atoms with Gasteiger partial charge in [-0.1, -0.05) is 6.92 Å². The number of rotatable bonds is 7. The maximum Gasteiger partial charge on any atom is 0.153 e. The van der Waals surface area contributed by atoms with Gasteiger partial charge in [-0.15, -0.1) is 0 Å². The molecule has 0 aliphatic rings. The molecule has 0 saturated carbocycles. The summed E-state index contributed by atoms with van der Waals surface area (Å²) in [5, 5.41) is 11.8. The van der Waals surface area contributed by atoms with Crippen molar-refractivity contribution in [3.63, 3.8) is 0 Å². The van der Waals surface area contributed by atoms with Crippen molar-refractivity contribution >= 4 is 9.84 Å². The molecule has 1 atom stereocenters. The Bertz CT molecular complexity index is 236. The van der Waals surface area contributed by atoms with E-state index in [9.17, 15) is 13.5 Å². The van der Waals surface area contributed by atoms with E-state index in [4.69, 9.17) is 0 Å². The lowest BCUT2D eigenvalue weighted by molar-refractivity contribution is 0.168. The van der Waals surface area contributed by atoms with Gasteiger partial charge in [-0.25, -0.2) is 8.42 Å². The average molecular weight is 223 g/mol. The average Bonchev–Trinajstić information content (AvgIpc) is 2.11. The minimum atomic E-state index is -2.95. The number of hydrogen-bond donors (Lipinski definition) is 2. The second-order valence-corrected chi connectivity index (χ2v) is 6.36. The Morgan fingerprint density at radius 3 is 2.36 bits per heavy atom. The molecule has 5 heteroatoms. The van der Waals surface area contributed by atoms with Crippen LogP contribution in [0.4, 0.5) is 0 Å². The smallest absolute Gasteiger partial charge is 0.153 e. The lowest BCUT2D eigenvalue weighted by Crippen LogP contribution is -2.32. The van der Waals surface area contributed by atoms with E-state index in [1.165, 1.54) is 0 Å². The van der Waals surface area contributed by atoms with Crippen LogP contribution in [0.25, 0.3) is 0 Å². The third-order valence-corrected chi connectivity index (χ3v) is 4.34. The lowest BCUT2D eigenvalue weighted by atomic mass is 10.3. The number of aliphatic hydroxyl groups excluding tert-OH is 1. The fourth-order valence-corrected chi connectivity index (χ4v) is 1.76. The highest BCUT2D eigenvalue weighted by atomic mass is 32.2. The van der Waals surface area contributed by atoms with Crippen molar-refractivity contribution in [1.82, 2.24) is 5.32 Å². The van der Waals surface area contributed by atoms with Crippen LogP contribution in [-0.4, -0.2) is 43.7 Å². The van der Waals surface area contributed by atoms with Crippen molar-refractivity contribution in [2.75, 3.05) is 18.8 Å². The van der Waals surface area contributed by atoms with Crippen LogP contribution < -0.4 is 5.32 Å². The van der Waals surface area contributed by atoms with Gasteiger partial charge in [0.25, 0.3) is 0 Å². The summed E-state index contributed by atoms with van der Waals surface area (Å²) in [7, 11) is -2.95. The fourth-order valence-electron chi connectivity index (χ4n) is 0.863. The van der Waals surface area contributed by atoms with E-state index in [1.807, 2.05) is 6.92 Å². The summed E-state index contributed by atoms with van der Waals surface area (Å²) >= 11 is 0. The molecule has 0 aromatic heterocycles. The van der Waals surface area contributed by atoms with Gasteiger partial charge in [0.1, 0.15) is 0 Å². The Balaban J connectivity index is 3.65. The van der Waals surface area contributed by atoms with Gasteiger partial charge < -0.3 is 10.4 Å². The normalized spacial score (nSPS) is 14.6. The number of hydrogen-bond acceptors (Lipinski definition) is 4. The minimum Gasteiger partial charge on any atom is -0.392 e. The summed E-state index contributed by atoms with van der Waals surface area (Å²) < 4.78 is 22.7. The van der Waals surface area contributed by atoms with E-state index in [2.05, 4.69) is 5.32 Å². The van der Waals surface area contributed by atoms with Crippen LogP contribution in [0, 0.1) is 0 Å². The van der Waals surface area contributed by atoms with Crippen molar-refractivity contribution in [3.05, 3.63) is 0 Å². The topological polar surface area (TPSA) is 66.4 Å². The first kappa shape index (κ1) is 13.9. The summed E-state index contributed by atoms with van der Waals surface area (Å²) in [6, 6.07) is 0. The summed E-state index contributed by atoms with van der Waals surface area (Å²) in [6.07, 6.45) is 0.306. The van der Waals surface area contributed by atoms with Crippen LogP contribution in [0.2, 0.25) is 0 Å². The third-order valence-electron chi connectivity index (χ3n) is 2.13. The Hall–Kier alpha value is -0.130. The molecule has 0 aliphatic carbocycles. The van der Waals surface area contributed by atoms with Crippen LogP contribution in [0.5, 0.6) is 0 Å². The SMILES string of the molecule is CCC(O)CNCCS(=O)(=O)C(C)C. The molecule has 0 radical (unpaired) electrons. The molecule has 0 aliphatic heterocycles. The van der Waals surface area contributed by atoms with E-state index < -0.39 is 9.84 Å². The first-order chi connectivity index (χ1) is 6.40. The van der Waals surface area contributed by atoms with Crippen LogP contribution in [0.1, 0.15) is 27.2 Å². The maximum absolute atomic E-state index is 11.3. The summed E-state index contributed by atoms with van der Waals surface area (Å²) in [5.41, 5.74) is 0. The van der Waals surface area contributed by atoms with E-state index >= 15 is 0 Å². The molecule has 0 heterocycles. The summed E-state index contributed by atoms with van der Waals surface area (Å²) in [4.78, 5) is 0. The molecule has 0 spiro atoms. The maximum atomic E-state index is 11.3. The first-order valence-corrected chi connectivity index (χ1v) is 6.72. The molecule has 0 amide bonds. The molecule has 0 bridgehead atoms. The molecular formula is C9H21NO3S. The first-order valence-electron chi connectivity index (χ1n) is 5.00. The summed E-state index contributed by atoms with van der Waals surface area (Å²) in [5.74, 6) is 0.140.